The Balaban J connectivity index is 1.40. The summed E-state index contributed by atoms with van der Waals surface area (Å²) in [5.74, 6) is 0.202. The largest absolute Gasteiger partial charge is 0.366 e. The number of likely N-dealkylation sites (tertiary alicyclic amines) is 2. The van der Waals surface area contributed by atoms with Crippen molar-refractivity contribution in [2.45, 2.75) is 18.9 Å². The van der Waals surface area contributed by atoms with Crippen molar-refractivity contribution in [3.63, 3.8) is 0 Å². The van der Waals surface area contributed by atoms with Crippen LogP contribution in [0.1, 0.15) is 23.2 Å². The normalized spacial score (nSPS) is 23.7. The van der Waals surface area contributed by atoms with Crippen LogP contribution in [0, 0.1) is 5.92 Å². The molecule has 2 fully saturated rings. The molecule has 2 aliphatic heterocycles. The maximum absolute atomic E-state index is 12.7. The first kappa shape index (κ1) is 16.8. The smallest absolute Gasteiger partial charge is 0.255 e. The molecule has 0 aromatic carbocycles. The number of carbonyl (C=O) groups is 2. The summed E-state index contributed by atoms with van der Waals surface area (Å²) in [7, 11) is 2.04. The van der Waals surface area contributed by atoms with Crippen LogP contribution >= 0.6 is 0 Å². The molecule has 138 valence electrons. The summed E-state index contributed by atoms with van der Waals surface area (Å²) in [6, 6.07) is 3.38. The van der Waals surface area contributed by atoms with Crippen LogP contribution in [0.5, 0.6) is 0 Å². The lowest BCUT2D eigenvalue weighted by Crippen LogP contribution is -2.40. The molecule has 4 heterocycles. The number of nitrogens with zero attached hydrogens (tertiary/aromatic N) is 5. The van der Waals surface area contributed by atoms with Crippen molar-refractivity contribution in [3.8, 4) is 0 Å². The Morgan fingerprint density at radius 2 is 2.12 bits per heavy atom. The van der Waals surface area contributed by atoms with Crippen molar-refractivity contribution in [3.05, 3.63) is 23.9 Å². The van der Waals surface area contributed by atoms with Crippen LogP contribution in [0.3, 0.4) is 0 Å². The molecule has 2 amide bonds. The number of nitrogen functional groups attached to an aromatic ring is 1. The van der Waals surface area contributed by atoms with Crippen LogP contribution in [0.25, 0.3) is 5.65 Å². The van der Waals surface area contributed by atoms with Gasteiger partial charge in [0.2, 0.25) is 11.9 Å². The fourth-order valence-electron chi connectivity index (χ4n) is 3.84. The zero-order valence-corrected chi connectivity index (χ0v) is 14.8. The van der Waals surface area contributed by atoms with E-state index in [2.05, 4.69) is 20.3 Å². The predicted octanol–water partition coefficient (Wildman–Crippen LogP) is -0.406. The third kappa shape index (κ3) is 3.10. The number of fused-ring (bicyclic) bond motifs is 1. The number of nitrogens with two attached hydrogens (primary N) is 1. The lowest BCUT2D eigenvalue weighted by molar-refractivity contribution is -0.134. The zero-order valence-electron chi connectivity index (χ0n) is 14.8. The average Bonchev–Trinajstić information content (AvgIpc) is 3.32. The van der Waals surface area contributed by atoms with Crippen LogP contribution in [-0.4, -0.2) is 75.5 Å². The topological polar surface area (TPSA) is 109 Å². The minimum absolute atomic E-state index is 0.0499. The standard InChI is InChI=1S/C17H23N7O2/c1-22-7-4-11(9-22)16(26)23-8-5-12(10-23)19-15(25)13-3-2-6-24-14(13)20-17(18)21-24/h2-3,6,11-12H,4-5,7-10H2,1H3,(H2,18,21)(H,19,25)/t11-,12+/m0/s1. The minimum atomic E-state index is -0.220. The lowest BCUT2D eigenvalue weighted by Gasteiger charge is -2.21. The van der Waals surface area contributed by atoms with E-state index in [4.69, 9.17) is 5.73 Å². The van der Waals surface area contributed by atoms with E-state index in [-0.39, 0.29) is 29.7 Å². The van der Waals surface area contributed by atoms with Gasteiger partial charge in [0.1, 0.15) is 0 Å². The Morgan fingerprint density at radius 1 is 1.27 bits per heavy atom. The fourth-order valence-corrected chi connectivity index (χ4v) is 3.84. The van der Waals surface area contributed by atoms with E-state index in [0.29, 0.717) is 24.3 Å². The third-order valence-electron chi connectivity index (χ3n) is 5.20. The van der Waals surface area contributed by atoms with Gasteiger partial charge < -0.3 is 20.9 Å². The van der Waals surface area contributed by atoms with Crippen molar-refractivity contribution in [1.82, 2.24) is 29.7 Å². The number of hydrogen-bond acceptors (Lipinski definition) is 6. The Morgan fingerprint density at radius 3 is 2.88 bits per heavy atom. The number of aromatic nitrogens is 3. The van der Waals surface area contributed by atoms with E-state index in [0.717, 1.165) is 25.9 Å². The molecule has 2 atom stereocenters. The number of pyridine rings is 1. The van der Waals surface area contributed by atoms with Crippen LogP contribution in [0.2, 0.25) is 0 Å². The molecule has 0 radical (unpaired) electrons. The van der Waals surface area contributed by atoms with Gasteiger partial charge in [0.05, 0.1) is 11.5 Å². The molecule has 0 aliphatic carbocycles. The molecule has 0 unspecified atom stereocenters. The van der Waals surface area contributed by atoms with Crippen molar-refractivity contribution in [2.24, 2.45) is 5.92 Å². The first-order valence-electron chi connectivity index (χ1n) is 8.90. The van der Waals surface area contributed by atoms with Crippen LogP contribution in [0.4, 0.5) is 5.95 Å². The molecule has 0 saturated carbocycles. The van der Waals surface area contributed by atoms with E-state index in [1.54, 1.807) is 18.3 Å². The van der Waals surface area contributed by atoms with Gasteiger partial charge in [-0.15, -0.1) is 5.10 Å². The van der Waals surface area contributed by atoms with Gasteiger partial charge >= 0.3 is 0 Å². The van der Waals surface area contributed by atoms with Gasteiger partial charge in [-0.25, -0.2) is 4.52 Å². The summed E-state index contributed by atoms with van der Waals surface area (Å²) in [6.45, 7) is 3.04. The van der Waals surface area contributed by atoms with Crippen molar-refractivity contribution < 1.29 is 9.59 Å². The molecule has 2 aliphatic rings. The van der Waals surface area contributed by atoms with Crippen LogP contribution in [-0.2, 0) is 4.79 Å². The first-order valence-corrected chi connectivity index (χ1v) is 8.90. The van der Waals surface area contributed by atoms with Gasteiger partial charge in [-0.2, -0.15) is 4.98 Å². The molecule has 9 heteroatoms. The Bertz CT molecular complexity index is 849. The second-order valence-corrected chi connectivity index (χ2v) is 7.15. The first-order chi connectivity index (χ1) is 12.5. The molecule has 2 saturated heterocycles. The predicted molar refractivity (Wildman–Crippen MR) is 95.5 cm³/mol. The second-order valence-electron chi connectivity index (χ2n) is 7.15. The molecular weight excluding hydrogens is 334 g/mol. The van der Waals surface area contributed by atoms with Gasteiger partial charge in [-0.1, -0.05) is 0 Å². The second kappa shape index (κ2) is 6.56. The Kier molecular flexibility index (Phi) is 4.23. The molecule has 4 rings (SSSR count). The fraction of sp³-hybridized carbons (Fsp3) is 0.529. The Labute approximate surface area is 151 Å². The number of anilines is 1. The summed E-state index contributed by atoms with van der Waals surface area (Å²) < 4.78 is 1.49. The number of amides is 2. The van der Waals surface area contributed by atoms with Crippen LogP contribution in [0.15, 0.2) is 18.3 Å². The molecule has 26 heavy (non-hydrogen) atoms. The van der Waals surface area contributed by atoms with E-state index in [1.807, 2.05) is 11.9 Å². The summed E-state index contributed by atoms with van der Waals surface area (Å²) in [4.78, 5) is 33.5. The number of nitrogens with one attached hydrogen (secondary N) is 1. The number of rotatable bonds is 3. The van der Waals surface area contributed by atoms with E-state index in [1.165, 1.54) is 4.52 Å². The lowest BCUT2D eigenvalue weighted by atomic mass is 10.1. The monoisotopic (exact) mass is 357 g/mol. The molecule has 0 spiro atoms. The van der Waals surface area contributed by atoms with Crippen LogP contribution < -0.4 is 11.1 Å². The van der Waals surface area contributed by atoms with Crippen molar-refractivity contribution >= 4 is 23.4 Å². The molecule has 0 bridgehead atoms. The van der Waals surface area contributed by atoms with E-state index in [9.17, 15) is 9.59 Å². The highest BCUT2D eigenvalue weighted by atomic mass is 16.2. The number of hydrogen-bond donors (Lipinski definition) is 2. The summed E-state index contributed by atoms with van der Waals surface area (Å²) in [6.07, 6.45) is 3.38. The van der Waals surface area contributed by atoms with Crippen molar-refractivity contribution in [2.75, 3.05) is 39.0 Å². The highest BCUT2D eigenvalue weighted by molar-refractivity contribution is 6.00. The maximum atomic E-state index is 12.7. The summed E-state index contributed by atoms with van der Waals surface area (Å²) in [5.41, 5.74) is 6.48. The van der Waals surface area contributed by atoms with Gasteiger partial charge in [0, 0.05) is 31.9 Å². The molecule has 9 nitrogen and oxygen atoms in total. The van der Waals surface area contributed by atoms with Gasteiger partial charge in [0.15, 0.2) is 5.65 Å². The van der Waals surface area contributed by atoms with E-state index >= 15 is 0 Å². The Hall–Kier alpha value is -2.68. The number of carbonyl (C=O) groups excluding carboxylic acids is 2. The van der Waals surface area contributed by atoms with Gasteiger partial charge in [0.25, 0.3) is 5.91 Å². The quantitative estimate of drug-likeness (QED) is 0.773. The van der Waals surface area contributed by atoms with Gasteiger partial charge in [-0.05, 0) is 38.6 Å². The highest BCUT2D eigenvalue weighted by Crippen LogP contribution is 2.20. The third-order valence-corrected chi connectivity index (χ3v) is 5.20. The minimum Gasteiger partial charge on any atom is -0.366 e. The van der Waals surface area contributed by atoms with Gasteiger partial charge in [-0.3, -0.25) is 9.59 Å². The molecule has 3 N–H and O–H groups in total. The summed E-state index contributed by atoms with van der Waals surface area (Å²) in [5, 5.41) is 7.04. The SMILES string of the molecule is CN1CC[C@H](C(=O)N2CC[C@@H](NC(=O)c3cccn4nc(N)nc34)C2)C1. The van der Waals surface area contributed by atoms with E-state index < -0.39 is 0 Å². The maximum Gasteiger partial charge on any atom is 0.255 e. The molecular formula is C17H23N7O2. The zero-order chi connectivity index (χ0) is 18.3. The molecule has 2 aromatic rings. The molecule has 2 aromatic heterocycles. The van der Waals surface area contributed by atoms with Crippen molar-refractivity contribution in [1.29, 1.82) is 0 Å². The summed E-state index contributed by atoms with van der Waals surface area (Å²) >= 11 is 0. The average molecular weight is 357 g/mol. The highest BCUT2D eigenvalue weighted by Gasteiger charge is 2.34.